The van der Waals surface area contributed by atoms with Crippen LogP contribution in [-0.2, 0) is 6.54 Å². The maximum Gasteiger partial charge on any atom is 0.218 e. The summed E-state index contributed by atoms with van der Waals surface area (Å²) >= 11 is 0. The molecule has 1 aromatic heterocycles. The lowest BCUT2D eigenvalue weighted by atomic mass is 9.87. The second kappa shape index (κ2) is 6.30. The first-order valence-electron chi connectivity index (χ1n) is 8.59. The topological polar surface area (TPSA) is 38.1 Å². The molecule has 2 heterocycles. The quantitative estimate of drug-likeness (QED) is 0.781. The van der Waals surface area contributed by atoms with Gasteiger partial charge < -0.3 is 4.57 Å². The van der Waals surface area contributed by atoms with Gasteiger partial charge in [0.05, 0.1) is 5.54 Å². The number of aryl methyl sites for hydroxylation is 1. The van der Waals surface area contributed by atoms with Gasteiger partial charge in [0.15, 0.2) is 5.82 Å². The number of aromatic nitrogens is 2. The molecule has 0 aromatic carbocycles. The Morgan fingerprint density at radius 1 is 1.19 bits per heavy atom. The highest BCUT2D eigenvalue weighted by atomic mass is 16.1. The van der Waals surface area contributed by atoms with Crippen LogP contribution in [0.25, 0.3) is 0 Å². The summed E-state index contributed by atoms with van der Waals surface area (Å²) in [6.45, 7) is 5.20. The highest BCUT2D eigenvalue weighted by molar-refractivity contribution is 6.00. The standard InChI is InChI=1S/C17H27N3O/c1-2-11-19-14-10-18-16(19)15(21)17(8-4-5-9-17)20-12-6-3-7-13-20/h10,14H,2-9,11-13H2,1H3. The average Bonchev–Trinajstić information content (AvgIpc) is 3.18. The number of hydrogen-bond donors (Lipinski definition) is 0. The summed E-state index contributed by atoms with van der Waals surface area (Å²) in [5, 5.41) is 0. The van der Waals surface area contributed by atoms with E-state index >= 15 is 0 Å². The van der Waals surface area contributed by atoms with E-state index in [2.05, 4.69) is 16.8 Å². The van der Waals surface area contributed by atoms with Crippen LogP contribution in [0.15, 0.2) is 12.4 Å². The van der Waals surface area contributed by atoms with Crippen molar-refractivity contribution in [2.24, 2.45) is 0 Å². The maximum absolute atomic E-state index is 13.3. The molecule has 116 valence electrons. The van der Waals surface area contributed by atoms with E-state index in [1.54, 1.807) is 6.20 Å². The fourth-order valence-electron chi connectivity index (χ4n) is 4.12. The van der Waals surface area contributed by atoms with E-state index in [1.165, 1.54) is 32.1 Å². The summed E-state index contributed by atoms with van der Waals surface area (Å²) in [4.78, 5) is 20.2. The molecule has 0 N–H and O–H groups in total. The van der Waals surface area contributed by atoms with Gasteiger partial charge in [0.2, 0.25) is 5.78 Å². The van der Waals surface area contributed by atoms with Crippen molar-refractivity contribution in [2.45, 2.75) is 70.4 Å². The Morgan fingerprint density at radius 3 is 2.57 bits per heavy atom. The lowest BCUT2D eigenvalue weighted by Gasteiger charge is -2.42. The first kappa shape index (κ1) is 14.8. The summed E-state index contributed by atoms with van der Waals surface area (Å²) in [7, 11) is 0. The number of carbonyl (C=O) groups is 1. The summed E-state index contributed by atoms with van der Waals surface area (Å²) in [6, 6.07) is 0. The van der Waals surface area contributed by atoms with E-state index in [9.17, 15) is 4.79 Å². The SMILES string of the molecule is CCCn1ccnc1C(=O)C1(N2CCCCC2)CCCC1. The van der Waals surface area contributed by atoms with Crippen LogP contribution in [0.3, 0.4) is 0 Å². The van der Waals surface area contributed by atoms with Gasteiger partial charge in [0.25, 0.3) is 0 Å². The number of Topliss-reactive ketones (excluding diaryl/α,β-unsaturated/α-hetero) is 1. The Labute approximate surface area is 127 Å². The second-order valence-electron chi connectivity index (χ2n) is 6.56. The third-order valence-corrected chi connectivity index (χ3v) is 5.20. The summed E-state index contributed by atoms with van der Waals surface area (Å²) < 4.78 is 2.05. The van der Waals surface area contributed by atoms with Crippen molar-refractivity contribution < 1.29 is 4.79 Å². The van der Waals surface area contributed by atoms with Crippen molar-refractivity contribution in [2.75, 3.05) is 13.1 Å². The van der Waals surface area contributed by atoms with Crippen molar-refractivity contribution in [1.29, 1.82) is 0 Å². The molecule has 4 nitrogen and oxygen atoms in total. The molecule has 0 spiro atoms. The van der Waals surface area contributed by atoms with Crippen molar-refractivity contribution in [3.8, 4) is 0 Å². The molecule has 0 radical (unpaired) electrons. The van der Waals surface area contributed by atoms with E-state index in [1.807, 2.05) is 10.8 Å². The number of ketones is 1. The first-order valence-corrected chi connectivity index (χ1v) is 8.59. The van der Waals surface area contributed by atoms with Gasteiger partial charge in [-0.3, -0.25) is 9.69 Å². The van der Waals surface area contributed by atoms with Gasteiger partial charge in [-0.2, -0.15) is 0 Å². The zero-order valence-electron chi connectivity index (χ0n) is 13.2. The van der Waals surface area contributed by atoms with E-state index in [-0.39, 0.29) is 11.3 Å². The van der Waals surface area contributed by atoms with E-state index in [4.69, 9.17) is 0 Å². The van der Waals surface area contributed by atoms with Crippen molar-refractivity contribution in [1.82, 2.24) is 14.5 Å². The van der Waals surface area contributed by atoms with E-state index in [0.717, 1.165) is 38.9 Å². The zero-order chi connectivity index (χ0) is 14.7. The molecule has 1 saturated heterocycles. The van der Waals surface area contributed by atoms with Crippen LogP contribution in [0.5, 0.6) is 0 Å². The second-order valence-corrected chi connectivity index (χ2v) is 6.56. The molecule has 0 atom stereocenters. The van der Waals surface area contributed by atoms with Gasteiger partial charge in [0.1, 0.15) is 0 Å². The summed E-state index contributed by atoms with van der Waals surface area (Å²) in [5.74, 6) is 0.963. The lowest BCUT2D eigenvalue weighted by Crippen LogP contribution is -2.55. The normalized spacial score (nSPS) is 22.5. The van der Waals surface area contributed by atoms with Gasteiger partial charge in [-0.25, -0.2) is 4.98 Å². The molecule has 3 rings (SSSR count). The Balaban J connectivity index is 1.89. The number of carbonyl (C=O) groups excluding carboxylic acids is 1. The van der Waals surface area contributed by atoms with Crippen molar-refractivity contribution in [3.05, 3.63) is 18.2 Å². The molecule has 1 aromatic rings. The minimum Gasteiger partial charge on any atom is -0.328 e. The van der Waals surface area contributed by atoms with Crippen LogP contribution in [-0.4, -0.2) is 38.9 Å². The molecule has 2 fully saturated rings. The number of nitrogens with zero attached hydrogens (tertiary/aromatic N) is 3. The van der Waals surface area contributed by atoms with Crippen LogP contribution in [0.1, 0.15) is 68.9 Å². The maximum atomic E-state index is 13.3. The predicted octanol–water partition coefficient (Wildman–Crippen LogP) is 3.27. The van der Waals surface area contributed by atoms with E-state index in [0.29, 0.717) is 5.82 Å². The van der Waals surface area contributed by atoms with Gasteiger partial charge >= 0.3 is 0 Å². The fraction of sp³-hybridized carbons (Fsp3) is 0.765. The van der Waals surface area contributed by atoms with Crippen LogP contribution in [0, 0.1) is 0 Å². The highest BCUT2D eigenvalue weighted by Gasteiger charge is 2.47. The van der Waals surface area contributed by atoms with Gasteiger partial charge in [0, 0.05) is 18.9 Å². The number of hydrogen-bond acceptors (Lipinski definition) is 3. The molecule has 21 heavy (non-hydrogen) atoms. The number of piperidine rings is 1. The minimum atomic E-state index is -0.253. The van der Waals surface area contributed by atoms with Crippen LogP contribution < -0.4 is 0 Å². The molecular weight excluding hydrogens is 262 g/mol. The first-order chi connectivity index (χ1) is 10.3. The van der Waals surface area contributed by atoms with Crippen LogP contribution in [0.4, 0.5) is 0 Å². The smallest absolute Gasteiger partial charge is 0.218 e. The highest BCUT2D eigenvalue weighted by Crippen LogP contribution is 2.39. The molecule has 1 aliphatic heterocycles. The Kier molecular flexibility index (Phi) is 4.43. The van der Waals surface area contributed by atoms with Gasteiger partial charge in [-0.15, -0.1) is 0 Å². The molecule has 0 amide bonds. The molecule has 2 aliphatic rings. The Morgan fingerprint density at radius 2 is 1.90 bits per heavy atom. The molecule has 1 aliphatic carbocycles. The molecule has 0 bridgehead atoms. The molecule has 0 unspecified atom stereocenters. The van der Waals surface area contributed by atoms with Crippen molar-refractivity contribution in [3.63, 3.8) is 0 Å². The van der Waals surface area contributed by atoms with Gasteiger partial charge in [-0.05, 0) is 45.2 Å². The zero-order valence-corrected chi connectivity index (χ0v) is 13.2. The average molecular weight is 289 g/mol. The number of likely N-dealkylation sites (tertiary alicyclic amines) is 1. The monoisotopic (exact) mass is 289 g/mol. The van der Waals surface area contributed by atoms with E-state index < -0.39 is 0 Å². The summed E-state index contributed by atoms with van der Waals surface area (Å²) in [5.41, 5.74) is -0.253. The third kappa shape index (κ3) is 2.66. The molecular formula is C17H27N3O. The largest absolute Gasteiger partial charge is 0.328 e. The predicted molar refractivity (Wildman–Crippen MR) is 83.5 cm³/mol. The molecule has 1 saturated carbocycles. The third-order valence-electron chi connectivity index (χ3n) is 5.20. The number of rotatable bonds is 5. The Bertz CT molecular complexity index is 482. The minimum absolute atomic E-state index is 0.253. The Hall–Kier alpha value is -1.16. The van der Waals surface area contributed by atoms with Crippen LogP contribution in [0.2, 0.25) is 0 Å². The lowest BCUT2D eigenvalue weighted by molar-refractivity contribution is 0.0462. The van der Waals surface area contributed by atoms with Gasteiger partial charge in [-0.1, -0.05) is 26.2 Å². The van der Waals surface area contributed by atoms with Crippen molar-refractivity contribution >= 4 is 5.78 Å². The molecule has 4 heteroatoms. The van der Waals surface area contributed by atoms with Crippen LogP contribution >= 0.6 is 0 Å². The number of imidazole rings is 1. The summed E-state index contributed by atoms with van der Waals surface area (Å²) in [6.07, 6.45) is 12.9. The fourth-order valence-corrected chi connectivity index (χ4v) is 4.12.